The molecule has 3 rings (SSSR count). The van der Waals surface area contributed by atoms with Gasteiger partial charge in [-0.3, -0.25) is 0 Å². The van der Waals surface area contributed by atoms with Crippen LogP contribution in [0.1, 0.15) is 6.42 Å². The molecule has 3 aromatic rings. The number of benzene rings is 1. The van der Waals surface area contributed by atoms with Crippen molar-refractivity contribution in [2.45, 2.75) is 6.42 Å². The van der Waals surface area contributed by atoms with Crippen LogP contribution in [0.3, 0.4) is 0 Å². The van der Waals surface area contributed by atoms with E-state index in [1.54, 1.807) is 12.4 Å². The van der Waals surface area contributed by atoms with Crippen LogP contribution in [-0.4, -0.2) is 28.0 Å². The molecule has 0 bridgehead atoms. The Bertz CT molecular complexity index is 839. The van der Waals surface area contributed by atoms with E-state index in [-0.39, 0.29) is 0 Å². The van der Waals surface area contributed by atoms with Gasteiger partial charge in [0.05, 0.1) is 5.69 Å². The van der Waals surface area contributed by atoms with Crippen LogP contribution < -0.4 is 16.4 Å². The highest BCUT2D eigenvalue weighted by atomic mass is 35.5. The van der Waals surface area contributed by atoms with E-state index >= 15 is 0 Å². The second-order valence-corrected chi connectivity index (χ2v) is 5.81. The van der Waals surface area contributed by atoms with E-state index in [1.165, 1.54) is 0 Å². The highest BCUT2D eigenvalue weighted by Crippen LogP contribution is 2.25. The maximum absolute atomic E-state index is 6.01. The van der Waals surface area contributed by atoms with Gasteiger partial charge in [-0.15, -0.1) is 0 Å². The molecule has 0 atom stereocenters. The third-order valence-corrected chi connectivity index (χ3v) is 3.73. The van der Waals surface area contributed by atoms with E-state index in [2.05, 4.69) is 25.6 Å². The minimum absolute atomic E-state index is 0.497. The van der Waals surface area contributed by atoms with Crippen molar-refractivity contribution < 1.29 is 0 Å². The fourth-order valence-corrected chi connectivity index (χ4v) is 2.52. The zero-order valence-corrected chi connectivity index (χ0v) is 14.4. The van der Waals surface area contributed by atoms with Crippen LogP contribution in [0.5, 0.6) is 0 Å². The van der Waals surface area contributed by atoms with Gasteiger partial charge in [0.2, 0.25) is 5.95 Å². The zero-order chi connectivity index (χ0) is 17.5. The van der Waals surface area contributed by atoms with E-state index in [0.717, 1.165) is 35.7 Å². The largest absolute Gasteiger partial charge is 0.369 e. The predicted molar refractivity (Wildman–Crippen MR) is 102 cm³/mol. The summed E-state index contributed by atoms with van der Waals surface area (Å²) in [6.07, 6.45) is 4.34. The highest BCUT2D eigenvalue weighted by molar-refractivity contribution is 6.30. The molecule has 2 heterocycles. The van der Waals surface area contributed by atoms with Gasteiger partial charge in [-0.05, 0) is 49.4 Å². The second kappa shape index (κ2) is 8.41. The van der Waals surface area contributed by atoms with Gasteiger partial charge < -0.3 is 16.4 Å². The van der Waals surface area contributed by atoms with Crippen molar-refractivity contribution >= 4 is 29.1 Å². The molecule has 0 saturated carbocycles. The molecule has 0 aliphatic rings. The molecule has 0 radical (unpaired) electrons. The van der Waals surface area contributed by atoms with Crippen molar-refractivity contribution in [2.24, 2.45) is 5.73 Å². The fourth-order valence-electron chi connectivity index (χ4n) is 2.33. The molecule has 1 aromatic carbocycles. The van der Waals surface area contributed by atoms with Crippen molar-refractivity contribution in [3.63, 3.8) is 0 Å². The lowest BCUT2D eigenvalue weighted by atomic mass is 10.2. The number of hydrogen-bond donors (Lipinski definition) is 3. The van der Waals surface area contributed by atoms with Crippen LogP contribution in [0.25, 0.3) is 11.3 Å². The van der Waals surface area contributed by atoms with Gasteiger partial charge in [0.25, 0.3) is 0 Å². The Morgan fingerprint density at radius 2 is 1.96 bits per heavy atom. The molecule has 0 aliphatic carbocycles. The van der Waals surface area contributed by atoms with Crippen molar-refractivity contribution in [2.75, 3.05) is 23.7 Å². The zero-order valence-electron chi connectivity index (χ0n) is 13.6. The van der Waals surface area contributed by atoms with E-state index in [4.69, 9.17) is 17.3 Å². The van der Waals surface area contributed by atoms with Crippen LogP contribution in [0.2, 0.25) is 5.02 Å². The van der Waals surface area contributed by atoms with E-state index < -0.39 is 0 Å². The van der Waals surface area contributed by atoms with E-state index in [0.29, 0.717) is 17.5 Å². The molecule has 128 valence electrons. The quantitative estimate of drug-likeness (QED) is 0.561. The normalized spacial score (nSPS) is 10.5. The predicted octanol–water partition coefficient (Wildman–Crippen LogP) is 3.70. The summed E-state index contributed by atoms with van der Waals surface area (Å²) in [4.78, 5) is 13.3. The van der Waals surface area contributed by atoms with Crippen LogP contribution in [0.15, 0.2) is 54.9 Å². The first-order chi connectivity index (χ1) is 12.3. The SMILES string of the molecule is NCCCNc1ncccc1-c1ccnc(Nc2cccc(Cl)c2)n1. The van der Waals surface area contributed by atoms with Crippen LogP contribution in [-0.2, 0) is 0 Å². The second-order valence-electron chi connectivity index (χ2n) is 5.37. The fraction of sp³-hybridized carbons (Fsp3) is 0.167. The Labute approximate surface area is 151 Å². The maximum Gasteiger partial charge on any atom is 0.227 e. The lowest BCUT2D eigenvalue weighted by molar-refractivity contribution is 0.870. The monoisotopic (exact) mass is 354 g/mol. The average molecular weight is 355 g/mol. The van der Waals surface area contributed by atoms with Gasteiger partial charge in [0.1, 0.15) is 5.82 Å². The number of anilines is 3. The number of nitrogens with zero attached hydrogens (tertiary/aromatic N) is 3. The molecule has 0 saturated heterocycles. The first-order valence-corrected chi connectivity index (χ1v) is 8.39. The molecule has 0 amide bonds. The minimum atomic E-state index is 0.497. The lowest BCUT2D eigenvalue weighted by Gasteiger charge is -2.11. The third kappa shape index (κ3) is 4.65. The molecule has 0 aliphatic heterocycles. The number of nitrogens with two attached hydrogens (primary N) is 1. The topological polar surface area (TPSA) is 88.8 Å². The van der Waals surface area contributed by atoms with Gasteiger partial charge >= 0.3 is 0 Å². The Hall–Kier alpha value is -2.70. The van der Waals surface area contributed by atoms with Crippen LogP contribution >= 0.6 is 11.6 Å². The Kier molecular flexibility index (Phi) is 5.77. The van der Waals surface area contributed by atoms with Crippen LogP contribution in [0, 0.1) is 0 Å². The van der Waals surface area contributed by atoms with E-state index in [1.807, 2.05) is 42.5 Å². The average Bonchev–Trinajstić information content (AvgIpc) is 2.63. The molecular formula is C18H19ClN6. The van der Waals surface area contributed by atoms with Crippen molar-refractivity contribution in [1.29, 1.82) is 0 Å². The van der Waals surface area contributed by atoms with Crippen molar-refractivity contribution in [3.8, 4) is 11.3 Å². The Balaban J connectivity index is 1.84. The third-order valence-electron chi connectivity index (χ3n) is 3.49. The summed E-state index contributed by atoms with van der Waals surface area (Å²) in [5.41, 5.74) is 8.07. The number of pyridine rings is 1. The molecule has 0 spiro atoms. The summed E-state index contributed by atoms with van der Waals surface area (Å²) >= 11 is 6.01. The standard InChI is InChI=1S/C18H19ClN6/c19-13-4-1-5-14(12-13)24-18-23-11-7-16(25-18)15-6-2-9-21-17(15)22-10-3-8-20/h1-2,4-7,9,11-12H,3,8,10,20H2,(H,21,22)(H,23,24,25). The molecule has 4 N–H and O–H groups in total. The number of hydrogen-bond acceptors (Lipinski definition) is 6. The summed E-state index contributed by atoms with van der Waals surface area (Å²) in [6, 6.07) is 13.1. The van der Waals surface area contributed by atoms with Gasteiger partial charge in [-0.2, -0.15) is 0 Å². The lowest BCUT2D eigenvalue weighted by Crippen LogP contribution is -2.10. The molecule has 0 fully saturated rings. The Morgan fingerprint density at radius 1 is 1.04 bits per heavy atom. The molecule has 0 unspecified atom stereocenters. The van der Waals surface area contributed by atoms with Crippen LogP contribution in [0.4, 0.5) is 17.5 Å². The number of nitrogens with one attached hydrogen (secondary N) is 2. The van der Waals surface area contributed by atoms with Crippen molar-refractivity contribution in [1.82, 2.24) is 15.0 Å². The first kappa shape index (κ1) is 17.1. The number of rotatable bonds is 7. The highest BCUT2D eigenvalue weighted by Gasteiger charge is 2.08. The number of halogens is 1. The molecule has 7 heteroatoms. The summed E-state index contributed by atoms with van der Waals surface area (Å²) in [5.74, 6) is 1.28. The molecular weight excluding hydrogens is 336 g/mol. The van der Waals surface area contributed by atoms with Gasteiger partial charge in [-0.25, -0.2) is 15.0 Å². The first-order valence-electron chi connectivity index (χ1n) is 8.01. The minimum Gasteiger partial charge on any atom is -0.369 e. The smallest absolute Gasteiger partial charge is 0.227 e. The van der Waals surface area contributed by atoms with Gasteiger partial charge in [-0.1, -0.05) is 17.7 Å². The molecule has 25 heavy (non-hydrogen) atoms. The summed E-state index contributed by atoms with van der Waals surface area (Å²) in [6.45, 7) is 1.40. The maximum atomic E-state index is 6.01. The van der Waals surface area contributed by atoms with E-state index in [9.17, 15) is 0 Å². The molecule has 2 aromatic heterocycles. The molecule has 6 nitrogen and oxygen atoms in total. The van der Waals surface area contributed by atoms with Gasteiger partial charge in [0.15, 0.2) is 0 Å². The summed E-state index contributed by atoms with van der Waals surface area (Å²) in [7, 11) is 0. The van der Waals surface area contributed by atoms with Gasteiger partial charge in [0, 0.05) is 35.2 Å². The summed E-state index contributed by atoms with van der Waals surface area (Å²) < 4.78 is 0. The number of aromatic nitrogens is 3. The summed E-state index contributed by atoms with van der Waals surface area (Å²) in [5, 5.41) is 7.12. The van der Waals surface area contributed by atoms with Crippen molar-refractivity contribution in [3.05, 3.63) is 59.9 Å². The Morgan fingerprint density at radius 3 is 2.80 bits per heavy atom.